The molecular formula is C95H106F6O24S6. The quantitative estimate of drug-likeness (QED) is 0.00879. The second-order valence-corrected chi connectivity index (χ2v) is 40.8. The average Bonchev–Trinajstić information content (AvgIpc) is 0.769. The predicted octanol–water partition coefficient (Wildman–Crippen LogP) is 20.9. The number of halogens is 6. The number of rotatable bonds is 36. The van der Waals surface area contributed by atoms with Crippen LogP contribution >= 0.6 is 0 Å². The molecular weight excluding hydrogens is 1830 g/mol. The van der Waals surface area contributed by atoms with Gasteiger partial charge in [0, 0.05) is 0 Å². The molecule has 3 aliphatic heterocycles. The van der Waals surface area contributed by atoms with Gasteiger partial charge in [-0.15, -0.1) is 0 Å². The van der Waals surface area contributed by atoms with E-state index in [2.05, 4.69) is 183 Å². The minimum atomic E-state index is -6.15. The minimum Gasteiger partial charge on any atom is -0.743 e. The van der Waals surface area contributed by atoms with Crippen LogP contribution in [0, 0.1) is 16.7 Å². The van der Waals surface area contributed by atoms with Gasteiger partial charge in [-0.05, 0) is 182 Å². The number of para-hydroxylation sites is 6. The molecule has 131 heavy (non-hydrogen) atoms. The summed E-state index contributed by atoms with van der Waals surface area (Å²) >= 11 is 0. The number of carbonyl (C=O) groups is 6. The van der Waals surface area contributed by atoms with E-state index in [4.69, 9.17) is 23.7 Å². The van der Waals surface area contributed by atoms with Crippen molar-refractivity contribution in [2.45, 2.75) is 212 Å². The van der Waals surface area contributed by atoms with E-state index < -0.39 is 94.0 Å². The molecule has 24 nitrogen and oxygen atoms in total. The summed E-state index contributed by atoms with van der Waals surface area (Å²) in [5.41, 5.74) is -1.27. The molecule has 0 saturated carbocycles. The Bertz CT molecular complexity index is 5110. The van der Waals surface area contributed by atoms with Crippen LogP contribution in [0.15, 0.2) is 281 Å². The molecule has 3 aliphatic rings. The summed E-state index contributed by atoms with van der Waals surface area (Å²) in [5.74, 6) is -2.52. The van der Waals surface area contributed by atoms with Crippen molar-refractivity contribution in [2.24, 2.45) is 16.7 Å². The summed E-state index contributed by atoms with van der Waals surface area (Å²) in [6, 6.07) is 81.9. The van der Waals surface area contributed by atoms with E-state index in [9.17, 15) is 94.0 Å². The van der Waals surface area contributed by atoms with Crippen LogP contribution in [0.3, 0.4) is 0 Å². The van der Waals surface area contributed by atoms with Gasteiger partial charge in [0.05, 0.1) is 43.2 Å². The molecule has 1 atom stereocenters. The second-order valence-electron chi connectivity index (χ2n) is 30.6. The highest BCUT2D eigenvalue weighted by Crippen LogP contribution is 2.50. The Hall–Kier alpha value is -10.4. The lowest BCUT2D eigenvalue weighted by Gasteiger charge is -2.21. The van der Waals surface area contributed by atoms with E-state index in [-0.39, 0.29) is 76.6 Å². The number of fused-ring (bicyclic) bond motifs is 6. The number of hydrogen-bond donors (Lipinski definition) is 0. The number of unbranched alkanes of at least 4 members (excludes halogenated alkanes) is 10. The normalized spacial score (nSPS) is 13.1. The lowest BCUT2D eigenvalue weighted by molar-refractivity contribution is -0.167. The molecule has 0 radical (unpaired) electrons. The highest BCUT2D eigenvalue weighted by Gasteiger charge is 2.51. The van der Waals surface area contributed by atoms with Gasteiger partial charge in [-0.25, -0.2) is 39.6 Å². The molecule has 36 heteroatoms. The number of carbonyl (C=O) groups excluding carboxylic acids is 6. The molecule has 708 valence electrons. The molecule has 9 aromatic rings. The molecule has 0 aliphatic carbocycles. The predicted molar refractivity (Wildman–Crippen MR) is 477 cm³/mol. The maximum absolute atomic E-state index is 12.8. The fourth-order valence-electron chi connectivity index (χ4n) is 11.7. The monoisotopic (exact) mass is 1940 g/mol. The van der Waals surface area contributed by atoms with Crippen molar-refractivity contribution < 1.29 is 137 Å². The molecule has 0 spiro atoms. The molecule has 0 bridgehead atoms. The highest BCUT2D eigenvalue weighted by atomic mass is 32.2. The molecule has 0 N–H and O–H groups in total. The van der Waals surface area contributed by atoms with Crippen molar-refractivity contribution in [1.29, 1.82) is 0 Å². The molecule has 3 heterocycles. The topological polar surface area (TPSA) is 357 Å². The Morgan fingerprint density at radius 2 is 0.489 bits per heavy atom. The Morgan fingerprint density at radius 1 is 0.298 bits per heavy atom. The number of benzene rings is 9. The Labute approximate surface area is 769 Å². The molecule has 1 unspecified atom stereocenters. The first-order chi connectivity index (χ1) is 62.1. The standard InChI is InChI=1S/3C18H13OS.C16H28F2O7S.C15H26F2O7S.C10H16F2O7S/c3*1-2-8-14(9-3-1)20-17-12-6-4-10-15(17)19-16-11-5-7-13-18(16)20;1-4-15(2,3)13(19)24-11-9-7-5-6-8-10-12-25-14(20)16(17,18)26(21,22)23;1-3-12(2)13(18)23-10-8-6-4-5-7-9-11-24-14(19)15(16,17)25(20,21)22;1-4-9(2,3)7(13)18-5-6-19-8(14)10(11,12)20(15,16)17/h3*1-13H;4-12H2,1-3H3,(H,21,22,23);12H,3-11H2,1-2H3,(H,20,21,22);4-6H2,1-3H3,(H,15,16,17)/q3*+1;;;/p-3. The van der Waals surface area contributed by atoms with Gasteiger partial charge in [-0.2, -0.15) is 26.3 Å². The van der Waals surface area contributed by atoms with Crippen LogP contribution in [-0.4, -0.2) is 130 Å². The lowest BCUT2D eigenvalue weighted by Crippen LogP contribution is -2.39. The SMILES string of the molecule is CCC(C)(C)C(=O)OCCCCCCCCOC(=O)C(F)(F)S(=O)(=O)[O-].CCC(C)(C)C(=O)OCCOC(=O)C(F)(F)S(=O)(=O)[O-].CCC(C)C(=O)OCCCCCCCCOC(=O)C(F)(F)S(=O)(=O)[O-].c1ccc([S+]2c3ccccc3Oc3ccccc32)cc1.c1ccc([S+]2c3ccccc3Oc3ccccc32)cc1.c1ccc([S+]2c3ccccc3Oc3ccccc32)cc1. The van der Waals surface area contributed by atoms with E-state index in [1.807, 2.05) is 100 Å². The van der Waals surface area contributed by atoms with Crippen LogP contribution < -0.4 is 14.2 Å². The molecule has 0 saturated heterocycles. The number of alkyl halides is 6. The van der Waals surface area contributed by atoms with E-state index in [1.54, 1.807) is 27.7 Å². The summed E-state index contributed by atoms with van der Waals surface area (Å²) in [4.78, 5) is 78.5. The molecule has 9 aromatic carbocycles. The second kappa shape index (κ2) is 51.0. The zero-order valence-electron chi connectivity index (χ0n) is 73.5. The van der Waals surface area contributed by atoms with Crippen LogP contribution in [-0.2, 0) is 120 Å². The van der Waals surface area contributed by atoms with Gasteiger partial charge >= 0.3 is 51.6 Å². The first kappa shape index (κ1) is 108. The summed E-state index contributed by atoms with van der Waals surface area (Å²) < 4.78 is 213. The van der Waals surface area contributed by atoms with Crippen LogP contribution in [0.25, 0.3) is 0 Å². The van der Waals surface area contributed by atoms with Gasteiger partial charge in [-0.1, -0.05) is 206 Å². The Morgan fingerprint density at radius 3 is 0.710 bits per heavy atom. The summed E-state index contributed by atoms with van der Waals surface area (Å²) in [6.45, 7) is 12.8. The number of esters is 6. The summed E-state index contributed by atoms with van der Waals surface area (Å²) in [5, 5.41) is -15.3. The van der Waals surface area contributed by atoms with Gasteiger partial charge in [-0.3, -0.25) is 14.4 Å². The van der Waals surface area contributed by atoms with Gasteiger partial charge in [0.25, 0.3) is 0 Å². The molecule has 12 rings (SSSR count). The Balaban J connectivity index is 0.000000215. The molecule has 0 aromatic heterocycles. The fourth-order valence-corrected chi connectivity index (χ4v) is 19.1. The third-order valence-electron chi connectivity index (χ3n) is 20.1. The van der Waals surface area contributed by atoms with Gasteiger partial charge in [0.15, 0.2) is 79.5 Å². The van der Waals surface area contributed by atoms with Gasteiger partial charge < -0.3 is 56.3 Å². The fraction of sp³-hybridized carbons (Fsp3) is 0.368. The zero-order chi connectivity index (χ0) is 96.2. The maximum atomic E-state index is 12.8. The first-order valence-electron chi connectivity index (χ1n) is 42.0. The molecule has 0 fully saturated rings. The van der Waals surface area contributed by atoms with Crippen molar-refractivity contribution in [3.05, 3.63) is 237 Å². The van der Waals surface area contributed by atoms with Crippen molar-refractivity contribution in [2.75, 3.05) is 39.6 Å². The van der Waals surface area contributed by atoms with Crippen LogP contribution in [0.1, 0.15) is 152 Å². The van der Waals surface area contributed by atoms with E-state index in [0.717, 1.165) is 85.9 Å². The minimum absolute atomic E-state index is 0.0829. The summed E-state index contributed by atoms with van der Waals surface area (Å²) in [7, 11) is -18.5. The molecule has 0 amide bonds. The average molecular weight is 1940 g/mol. The van der Waals surface area contributed by atoms with Crippen LogP contribution in [0.5, 0.6) is 34.5 Å². The lowest BCUT2D eigenvalue weighted by atomic mass is 9.91. The summed E-state index contributed by atoms with van der Waals surface area (Å²) in [6.07, 6.45) is 9.91. The third-order valence-corrected chi connectivity index (χ3v) is 29.4. The van der Waals surface area contributed by atoms with Crippen molar-refractivity contribution in [3.63, 3.8) is 0 Å². The highest BCUT2D eigenvalue weighted by molar-refractivity contribution is 7.98. The van der Waals surface area contributed by atoms with Gasteiger partial charge in [0.2, 0.25) is 29.4 Å². The number of hydrogen-bond acceptors (Lipinski definition) is 24. The maximum Gasteiger partial charge on any atom is 0.428 e. The van der Waals surface area contributed by atoms with Crippen LogP contribution in [0.2, 0.25) is 0 Å². The van der Waals surface area contributed by atoms with Gasteiger partial charge in [0.1, 0.15) is 45.9 Å². The van der Waals surface area contributed by atoms with Crippen molar-refractivity contribution >= 4 is 98.9 Å². The van der Waals surface area contributed by atoms with Crippen molar-refractivity contribution in [1.82, 2.24) is 0 Å². The van der Waals surface area contributed by atoms with Crippen LogP contribution in [0.4, 0.5) is 26.3 Å². The Kier molecular flexibility index (Phi) is 41.9. The van der Waals surface area contributed by atoms with E-state index in [0.29, 0.717) is 45.3 Å². The third kappa shape index (κ3) is 31.4. The zero-order valence-corrected chi connectivity index (χ0v) is 78.4. The van der Waals surface area contributed by atoms with E-state index >= 15 is 0 Å². The number of ether oxygens (including phenoxy) is 9. The van der Waals surface area contributed by atoms with Crippen molar-refractivity contribution in [3.8, 4) is 34.5 Å². The van der Waals surface area contributed by atoms with E-state index in [1.165, 1.54) is 44.1 Å². The largest absolute Gasteiger partial charge is 0.743 e. The smallest absolute Gasteiger partial charge is 0.428 e. The first-order valence-corrected chi connectivity index (χ1v) is 49.9.